The van der Waals surface area contributed by atoms with Crippen molar-refractivity contribution in [3.05, 3.63) is 24.2 Å². The van der Waals surface area contributed by atoms with Crippen molar-refractivity contribution in [1.82, 2.24) is 14.6 Å². The van der Waals surface area contributed by atoms with Crippen LogP contribution in [0.2, 0.25) is 0 Å². The van der Waals surface area contributed by atoms with Crippen molar-refractivity contribution < 1.29 is 13.2 Å². The van der Waals surface area contributed by atoms with E-state index < -0.39 is 11.9 Å². The molecular formula is C14H17F3N4. The Bertz CT molecular complexity index is 638. The molecule has 2 heterocycles. The Morgan fingerprint density at radius 3 is 2.71 bits per heavy atom. The molecule has 0 radical (unpaired) electrons. The zero-order chi connectivity index (χ0) is 15.1. The largest absolute Gasteiger partial charge is 0.435 e. The molecule has 0 atom stereocenters. The fraction of sp³-hybridized carbons (Fsp3) is 0.571. The summed E-state index contributed by atoms with van der Waals surface area (Å²) in [6.07, 6.45) is 3.05. The maximum atomic E-state index is 12.7. The van der Waals surface area contributed by atoms with E-state index in [-0.39, 0.29) is 5.41 Å². The van der Waals surface area contributed by atoms with Crippen LogP contribution in [0.4, 0.5) is 19.0 Å². The van der Waals surface area contributed by atoms with E-state index in [1.807, 2.05) is 0 Å². The van der Waals surface area contributed by atoms with Crippen molar-refractivity contribution in [1.29, 1.82) is 0 Å². The molecule has 0 amide bonds. The van der Waals surface area contributed by atoms with Gasteiger partial charge >= 0.3 is 6.18 Å². The molecule has 1 aliphatic rings. The van der Waals surface area contributed by atoms with E-state index in [2.05, 4.69) is 22.3 Å². The van der Waals surface area contributed by atoms with Crippen LogP contribution in [-0.2, 0) is 6.18 Å². The molecule has 0 aliphatic heterocycles. The van der Waals surface area contributed by atoms with Crippen molar-refractivity contribution in [2.75, 3.05) is 11.9 Å². The molecule has 1 saturated carbocycles. The van der Waals surface area contributed by atoms with Crippen molar-refractivity contribution in [3.8, 4) is 0 Å². The lowest BCUT2D eigenvalue weighted by Crippen LogP contribution is -2.36. The van der Waals surface area contributed by atoms with Gasteiger partial charge in [-0.05, 0) is 24.7 Å². The van der Waals surface area contributed by atoms with E-state index in [1.165, 1.54) is 23.3 Å². The van der Waals surface area contributed by atoms with Crippen LogP contribution in [0.5, 0.6) is 0 Å². The standard InChI is InChI=1S/C14H17F3N4/c1-2-13(4-3-5-13)9-19-12-10-8-11(14(15,16)17)20-21(10)7-6-18-12/h6-8H,2-5,9H2,1H3,(H,18,19). The molecule has 3 rings (SSSR count). The highest BCUT2D eigenvalue weighted by molar-refractivity contribution is 5.68. The highest BCUT2D eigenvalue weighted by Gasteiger charge is 2.36. The summed E-state index contributed by atoms with van der Waals surface area (Å²) in [7, 11) is 0. The fourth-order valence-electron chi connectivity index (χ4n) is 2.80. The predicted octanol–water partition coefficient (Wildman–Crippen LogP) is 3.74. The fourth-order valence-corrected chi connectivity index (χ4v) is 2.80. The summed E-state index contributed by atoms with van der Waals surface area (Å²) in [5.41, 5.74) is -0.274. The van der Waals surface area contributed by atoms with Crippen molar-refractivity contribution in [2.24, 2.45) is 5.41 Å². The molecule has 1 aliphatic carbocycles. The van der Waals surface area contributed by atoms with Gasteiger partial charge in [0.15, 0.2) is 11.5 Å². The third-order valence-corrected chi connectivity index (χ3v) is 4.48. The molecule has 0 spiro atoms. The van der Waals surface area contributed by atoms with Gasteiger partial charge in [0.1, 0.15) is 5.52 Å². The minimum absolute atomic E-state index is 0.265. The maximum Gasteiger partial charge on any atom is 0.435 e. The number of alkyl halides is 3. The van der Waals surface area contributed by atoms with E-state index in [0.29, 0.717) is 11.3 Å². The smallest absolute Gasteiger partial charge is 0.368 e. The SMILES string of the molecule is CCC1(CNc2nccn3nc(C(F)(F)F)cc23)CCC1. The number of anilines is 1. The van der Waals surface area contributed by atoms with E-state index in [9.17, 15) is 13.2 Å². The highest BCUT2D eigenvalue weighted by Crippen LogP contribution is 2.43. The Kier molecular flexibility index (Phi) is 3.30. The third kappa shape index (κ3) is 2.56. The average molecular weight is 298 g/mol. The predicted molar refractivity (Wildman–Crippen MR) is 73.1 cm³/mol. The van der Waals surface area contributed by atoms with Gasteiger partial charge in [0.25, 0.3) is 0 Å². The number of aromatic nitrogens is 3. The summed E-state index contributed by atoms with van der Waals surface area (Å²) < 4.78 is 39.4. The molecule has 0 aromatic carbocycles. The van der Waals surface area contributed by atoms with E-state index in [4.69, 9.17) is 0 Å². The van der Waals surface area contributed by atoms with E-state index in [0.717, 1.165) is 31.9 Å². The van der Waals surface area contributed by atoms with Gasteiger partial charge < -0.3 is 5.32 Å². The Labute approximate surface area is 120 Å². The van der Waals surface area contributed by atoms with Gasteiger partial charge in [0, 0.05) is 25.0 Å². The first kappa shape index (κ1) is 14.2. The van der Waals surface area contributed by atoms with Crippen LogP contribution in [0.25, 0.3) is 5.52 Å². The third-order valence-electron chi connectivity index (χ3n) is 4.48. The number of nitrogens with one attached hydrogen (secondary N) is 1. The van der Waals surface area contributed by atoms with Gasteiger partial charge in [0.2, 0.25) is 0 Å². The van der Waals surface area contributed by atoms with Crippen LogP contribution < -0.4 is 5.32 Å². The topological polar surface area (TPSA) is 42.2 Å². The summed E-state index contributed by atoms with van der Waals surface area (Å²) in [6.45, 7) is 2.89. The van der Waals surface area contributed by atoms with Gasteiger partial charge in [-0.2, -0.15) is 18.3 Å². The molecule has 2 aromatic heterocycles. The molecule has 4 nitrogen and oxygen atoms in total. The monoisotopic (exact) mass is 298 g/mol. The first-order chi connectivity index (χ1) is 9.93. The zero-order valence-electron chi connectivity index (χ0n) is 11.7. The average Bonchev–Trinajstić information content (AvgIpc) is 2.82. The first-order valence-electron chi connectivity index (χ1n) is 7.09. The van der Waals surface area contributed by atoms with E-state index in [1.54, 1.807) is 0 Å². The number of rotatable bonds is 4. The molecule has 2 aromatic rings. The van der Waals surface area contributed by atoms with Crippen LogP contribution in [-0.4, -0.2) is 21.1 Å². The van der Waals surface area contributed by atoms with Crippen molar-refractivity contribution >= 4 is 11.3 Å². The number of hydrogen-bond acceptors (Lipinski definition) is 3. The molecule has 0 bridgehead atoms. The molecule has 7 heteroatoms. The molecule has 0 saturated heterocycles. The van der Waals surface area contributed by atoms with Crippen molar-refractivity contribution in [3.63, 3.8) is 0 Å². The summed E-state index contributed by atoms with van der Waals surface area (Å²) in [4.78, 5) is 4.16. The lowest BCUT2D eigenvalue weighted by Gasteiger charge is -2.41. The highest BCUT2D eigenvalue weighted by atomic mass is 19.4. The molecule has 114 valence electrons. The second-order valence-corrected chi connectivity index (χ2v) is 5.69. The summed E-state index contributed by atoms with van der Waals surface area (Å²) >= 11 is 0. The molecule has 21 heavy (non-hydrogen) atoms. The van der Waals surface area contributed by atoms with Gasteiger partial charge in [-0.25, -0.2) is 9.50 Å². The lowest BCUT2D eigenvalue weighted by molar-refractivity contribution is -0.141. The van der Waals surface area contributed by atoms with Gasteiger partial charge in [-0.3, -0.25) is 0 Å². The van der Waals surface area contributed by atoms with Gasteiger partial charge in [-0.1, -0.05) is 13.3 Å². The number of fused-ring (bicyclic) bond motifs is 1. The van der Waals surface area contributed by atoms with Crippen LogP contribution in [0.3, 0.4) is 0 Å². The second-order valence-electron chi connectivity index (χ2n) is 5.69. The zero-order valence-corrected chi connectivity index (χ0v) is 11.7. The van der Waals surface area contributed by atoms with Crippen LogP contribution >= 0.6 is 0 Å². The van der Waals surface area contributed by atoms with Crippen LogP contribution in [0.15, 0.2) is 18.5 Å². The normalized spacial score (nSPS) is 17.7. The quantitative estimate of drug-likeness (QED) is 0.935. The van der Waals surface area contributed by atoms with Gasteiger partial charge in [-0.15, -0.1) is 0 Å². The van der Waals surface area contributed by atoms with Crippen molar-refractivity contribution in [2.45, 2.75) is 38.8 Å². The molecule has 0 unspecified atom stereocenters. The number of nitrogens with zero attached hydrogens (tertiary/aromatic N) is 3. The molecule has 1 N–H and O–H groups in total. The van der Waals surface area contributed by atoms with Crippen LogP contribution in [0, 0.1) is 5.41 Å². The summed E-state index contributed by atoms with van der Waals surface area (Å²) in [6, 6.07) is 1.04. The summed E-state index contributed by atoms with van der Waals surface area (Å²) in [5.74, 6) is 0.459. The number of hydrogen-bond donors (Lipinski definition) is 1. The Balaban J connectivity index is 1.86. The van der Waals surface area contributed by atoms with Gasteiger partial charge in [0.05, 0.1) is 0 Å². The summed E-state index contributed by atoms with van der Waals surface area (Å²) in [5, 5.41) is 6.76. The minimum Gasteiger partial charge on any atom is -0.368 e. The Morgan fingerprint density at radius 1 is 1.38 bits per heavy atom. The maximum absolute atomic E-state index is 12.7. The molecule has 1 fully saturated rings. The van der Waals surface area contributed by atoms with E-state index >= 15 is 0 Å². The Morgan fingerprint density at radius 2 is 2.14 bits per heavy atom. The first-order valence-corrected chi connectivity index (χ1v) is 7.09. The number of halogens is 3. The Hall–Kier alpha value is -1.79. The van der Waals surface area contributed by atoms with Crippen LogP contribution in [0.1, 0.15) is 38.3 Å². The lowest BCUT2D eigenvalue weighted by atomic mass is 9.67. The molecular weight excluding hydrogens is 281 g/mol. The second kappa shape index (κ2) is 4.89. The minimum atomic E-state index is -4.44.